The molecule has 0 amide bonds. The molecule has 1 aromatic carbocycles. The number of nitrogens with one attached hydrogen (secondary N) is 1. The van der Waals surface area contributed by atoms with Gasteiger partial charge in [-0.15, -0.1) is 0 Å². The van der Waals surface area contributed by atoms with Gasteiger partial charge in [0.15, 0.2) is 0 Å². The molecule has 0 spiro atoms. The van der Waals surface area contributed by atoms with Crippen LogP contribution in [-0.2, 0) is 6.54 Å². The molecule has 0 radical (unpaired) electrons. The quantitative estimate of drug-likeness (QED) is 0.868. The fraction of sp³-hybridized carbons (Fsp3) is 0.438. The minimum atomic E-state index is -0.197. The first-order valence-corrected chi connectivity index (χ1v) is 7.13. The number of rotatable bonds is 6. The van der Waals surface area contributed by atoms with Gasteiger partial charge in [0.2, 0.25) is 0 Å². The Morgan fingerprint density at radius 3 is 2.80 bits per heavy atom. The Morgan fingerprint density at radius 1 is 1.30 bits per heavy atom. The van der Waals surface area contributed by atoms with Crippen molar-refractivity contribution in [1.82, 2.24) is 15.1 Å². The molecule has 0 fully saturated rings. The van der Waals surface area contributed by atoms with Crippen LogP contribution < -0.4 is 5.32 Å². The van der Waals surface area contributed by atoms with Crippen molar-refractivity contribution in [3.8, 4) is 0 Å². The Labute approximate surface area is 119 Å². The van der Waals surface area contributed by atoms with Crippen LogP contribution in [0.3, 0.4) is 0 Å². The van der Waals surface area contributed by atoms with Gasteiger partial charge in [-0.3, -0.25) is 4.68 Å². The van der Waals surface area contributed by atoms with Crippen molar-refractivity contribution in [3.63, 3.8) is 0 Å². The summed E-state index contributed by atoms with van der Waals surface area (Å²) < 4.78 is 15.2. The van der Waals surface area contributed by atoms with Crippen LogP contribution in [0.2, 0.25) is 0 Å². The fourth-order valence-electron chi connectivity index (χ4n) is 2.06. The molecule has 1 N–H and O–H groups in total. The third-order valence-electron chi connectivity index (χ3n) is 3.64. The van der Waals surface area contributed by atoms with E-state index in [1.54, 1.807) is 12.1 Å². The molecule has 3 nitrogen and oxygen atoms in total. The zero-order valence-corrected chi connectivity index (χ0v) is 12.3. The zero-order chi connectivity index (χ0) is 14.5. The summed E-state index contributed by atoms with van der Waals surface area (Å²) in [6.45, 7) is 7.01. The number of halogens is 1. The van der Waals surface area contributed by atoms with Gasteiger partial charge < -0.3 is 5.32 Å². The van der Waals surface area contributed by atoms with Crippen LogP contribution in [0.15, 0.2) is 36.5 Å². The molecule has 108 valence electrons. The molecule has 2 atom stereocenters. The predicted molar refractivity (Wildman–Crippen MR) is 78.9 cm³/mol. The van der Waals surface area contributed by atoms with Crippen molar-refractivity contribution >= 4 is 0 Å². The normalized spacial score (nSPS) is 14.2. The van der Waals surface area contributed by atoms with Gasteiger partial charge in [0, 0.05) is 24.8 Å². The Hall–Kier alpha value is -1.68. The maximum atomic E-state index is 13.2. The summed E-state index contributed by atoms with van der Waals surface area (Å²) in [5.41, 5.74) is 1.96. The van der Waals surface area contributed by atoms with E-state index in [0.717, 1.165) is 17.7 Å². The van der Waals surface area contributed by atoms with Gasteiger partial charge in [0.25, 0.3) is 0 Å². The van der Waals surface area contributed by atoms with Crippen LogP contribution in [-0.4, -0.2) is 9.78 Å². The average Bonchev–Trinajstić information content (AvgIpc) is 2.92. The highest BCUT2D eigenvalue weighted by atomic mass is 19.1. The van der Waals surface area contributed by atoms with Crippen LogP contribution in [0.25, 0.3) is 0 Å². The lowest BCUT2D eigenvalue weighted by Crippen LogP contribution is -2.18. The summed E-state index contributed by atoms with van der Waals surface area (Å²) in [4.78, 5) is 0. The minimum absolute atomic E-state index is 0.0967. The monoisotopic (exact) mass is 275 g/mol. The molecule has 0 saturated heterocycles. The molecule has 2 aromatic rings. The van der Waals surface area contributed by atoms with E-state index in [9.17, 15) is 4.39 Å². The average molecular weight is 275 g/mol. The summed E-state index contributed by atoms with van der Waals surface area (Å²) in [6.07, 6.45) is 3.08. The summed E-state index contributed by atoms with van der Waals surface area (Å²) in [5.74, 6) is -0.197. The van der Waals surface area contributed by atoms with E-state index < -0.39 is 0 Å². The Bertz CT molecular complexity index is 550. The summed E-state index contributed by atoms with van der Waals surface area (Å²) in [6, 6.07) is 9.24. The van der Waals surface area contributed by atoms with Crippen LogP contribution >= 0.6 is 0 Å². The number of benzene rings is 1. The first-order valence-electron chi connectivity index (χ1n) is 7.13. The molecule has 0 aliphatic rings. The maximum Gasteiger partial charge on any atom is 0.123 e. The van der Waals surface area contributed by atoms with E-state index in [4.69, 9.17) is 0 Å². The predicted octanol–water partition coefficient (Wildman–Crippen LogP) is 3.84. The molecule has 2 unspecified atom stereocenters. The van der Waals surface area contributed by atoms with Gasteiger partial charge in [-0.05, 0) is 44.0 Å². The van der Waals surface area contributed by atoms with Crippen molar-refractivity contribution in [3.05, 3.63) is 53.6 Å². The lowest BCUT2D eigenvalue weighted by Gasteiger charge is -2.13. The fourth-order valence-corrected chi connectivity index (χ4v) is 2.06. The van der Waals surface area contributed by atoms with Gasteiger partial charge in [-0.25, -0.2) is 4.39 Å². The zero-order valence-electron chi connectivity index (χ0n) is 12.3. The number of hydrogen-bond acceptors (Lipinski definition) is 2. The third kappa shape index (κ3) is 3.67. The van der Waals surface area contributed by atoms with E-state index in [1.165, 1.54) is 6.07 Å². The second kappa shape index (κ2) is 6.66. The highest BCUT2D eigenvalue weighted by Gasteiger charge is 2.08. The molecule has 1 aromatic heterocycles. The van der Waals surface area contributed by atoms with Crippen molar-refractivity contribution in [2.24, 2.45) is 0 Å². The molecular weight excluding hydrogens is 253 g/mol. The van der Waals surface area contributed by atoms with E-state index in [1.807, 2.05) is 29.9 Å². The van der Waals surface area contributed by atoms with Gasteiger partial charge in [0.05, 0.1) is 5.69 Å². The number of hydrogen-bond donors (Lipinski definition) is 1. The van der Waals surface area contributed by atoms with E-state index in [2.05, 4.69) is 24.3 Å². The Morgan fingerprint density at radius 2 is 2.10 bits per heavy atom. The largest absolute Gasteiger partial charge is 0.304 e. The van der Waals surface area contributed by atoms with Crippen molar-refractivity contribution in [1.29, 1.82) is 0 Å². The van der Waals surface area contributed by atoms with E-state index >= 15 is 0 Å². The van der Waals surface area contributed by atoms with Crippen LogP contribution in [0.4, 0.5) is 4.39 Å². The van der Waals surface area contributed by atoms with E-state index in [0.29, 0.717) is 12.6 Å². The van der Waals surface area contributed by atoms with Crippen molar-refractivity contribution in [2.45, 2.75) is 45.8 Å². The molecule has 0 aliphatic carbocycles. The molecular formula is C16H22FN3. The smallest absolute Gasteiger partial charge is 0.123 e. The van der Waals surface area contributed by atoms with Gasteiger partial charge in [-0.1, -0.05) is 19.1 Å². The van der Waals surface area contributed by atoms with Crippen LogP contribution in [0, 0.1) is 5.82 Å². The van der Waals surface area contributed by atoms with Gasteiger partial charge >= 0.3 is 0 Å². The number of aromatic nitrogens is 2. The summed E-state index contributed by atoms with van der Waals surface area (Å²) >= 11 is 0. The topological polar surface area (TPSA) is 29.9 Å². The summed E-state index contributed by atoms with van der Waals surface area (Å²) in [5, 5.41) is 7.91. The third-order valence-corrected chi connectivity index (χ3v) is 3.64. The molecule has 1 heterocycles. The van der Waals surface area contributed by atoms with E-state index in [-0.39, 0.29) is 11.9 Å². The maximum absolute atomic E-state index is 13.2. The Balaban J connectivity index is 1.93. The molecule has 0 aliphatic heterocycles. The molecule has 20 heavy (non-hydrogen) atoms. The standard InChI is InChI=1S/C16H22FN3/c1-4-12(2)20-9-8-16(19-20)11-18-13(3)14-6-5-7-15(17)10-14/h5-10,12-13,18H,4,11H2,1-3H3. The van der Waals surface area contributed by atoms with Crippen molar-refractivity contribution in [2.75, 3.05) is 0 Å². The van der Waals surface area contributed by atoms with Gasteiger partial charge in [0.1, 0.15) is 5.82 Å². The lowest BCUT2D eigenvalue weighted by molar-refractivity contribution is 0.468. The highest BCUT2D eigenvalue weighted by molar-refractivity contribution is 5.19. The first-order chi connectivity index (χ1) is 9.60. The highest BCUT2D eigenvalue weighted by Crippen LogP contribution is 2.14. The molecule has 4 heteroatoms. The summed E-state index contributed by atoms with van der Waals surface area (Å²) in [7, 11) is 0. The van der Waals surface area contributed by atoms with Crippen LogP contribution in [0.1, 0.15) is 50.5 Å². The van der Waals surface area contributed by atoms with Gasteiger partial charge in [-0.2, -0.15) is 5.10 Å². The van der Waals surface area contributed by atoms with Crippen molar-refractivity contribution < 1.29 is 4.39 Å². The number of nitrogens with zero attached hydrogens (tertiary/aromatic N) is 2. The second-order valence-electron chi connectivity index (χ2n) is 5.20. The molecule has 0 saturated carbocycles. The molecule has 2 rings (SSSR count). The van der Waals surface area contributed by atoms with Crippen LogP contribution in [0.5, 0.6) is 0 Å². The second-order valence-corrected chi connectivity index (χ2v) is 5.20. The Kier molecular flexibility index (Phi) is 4.90. The molecule has 0 bridgehead atoms. The SMILES string of the molecule is CCC(C)n1ccc(CNC(C)c2cccc(F)c2)n1. The minimum Gasteiger partial charge on any atom is -0.304 e. The first kappa shape index (κ1) is 14.7. The lowest BCUT2D eigenvalue weighted by atomic mass is 10.1.